The second-order valence-electron chi connectivity index (χ2n) is 8.33. The van der Waals surface area contributed by atoms with E-state index >= 15 is 0 Å². The minimum absolute atomic E-state index is 0.717. The number of aliphatic imine (C=N–C) groups is 1. The van der Waals surface area contributed by atoms with Crippen molar-refractivity contribution in [3.05, 3.63) is 16.1 Å². The molecule has 2 fully saturated rings. The second-order valence-corrected chi connectivity index (χ2v) is 10.6. The van der Waals surface area contributed by atoms with Gasteiger partial charge in [0.25, 0.3) is 0 Å². The number of rotatable bonds is 6. The van der Waals surface area contributed by atoms with Gasteiger partial charge in [0.05, 0.1) is 10.7 Å². The monoisotopic (exact) mass is 423 g/mol. The average molecular weight is 424 g/mol. The molecule has 158 valence electrons. The maximum atomic E-state index is 4.72. The Morgan fingerprint density at radius 1 is 1.32 bits per heavy atom. The summed E-state index contributed by atoms with van der Waals surface area (Å²) in [6.07, 6.45) is 3.58. The molecule has 1 unspecified atom stereocenters. The Kier molecular flexibility index (Phi) is 8.48. The fourth-order valence-corrected chi connectivity index (χ4v) is 6.04. The van der Waals surface area contributed by atoms with Gasteiger partial charge in [0.2, 0.25) is 0 Å². The van der Waals surface area contributed by atoms with Crippen molar-refractivity contribution in [1.82, 2.24) is 20.1 Å². The molecule has 0 aliphatic carbocycles. The third-order valence-electron chi connectivity index (χ3n) is 5.89. The molecule has 0 aromatic carbocycles. The predicted molar refractivity (Wildman–Crippen MR) is 124 cm³/mol. The minimum Gasteiger partial charge on any atom is -0.356 e. The molecule has 1 N–H and O–H groups in total. The predicted octanol–water partition coefficient (Wildman–Crippen LogP) is 3.57. The van der Waals surface area contributed by atoms with Crippen molar-refractivity contribution in [2.75, 3.05) is 45.5 Å². The topological polar surface area (TPSA) is 43.8 Å². The summed E-state index contributed by atoms with van der Waals surface area (Å²) in [6.45, 7) is 13.5. The third-order valence-corrected chi connectivity index (χ3v) is 8.47. The molecule has 1 aromatic heterocycles. The number of likely N-dealkylation sites (tertiary alicyclic amines) is 1. The molecule has 0 radical (unpaired) electrons. The quantitative estimate of drug-likeness (QED) is 0.560. The van der Waals surface area contributed by atoms with Crippen LogP contribution in [0.1, 0.15) is 44.3 Å². The van der Waals surface area contributed by atoms with Crippen molar-refractivity contribution in [2.45, 2.75) is 51.8 Å². The number of aryl methyl sites for hydroxylation is 1. The molecule has 0 saturated carbocycles. The summed E-state index contributed by atoms with van der Waals surface area (Å²) in [5, 5.41) is 7.89. The van der Waals surface area contributed by atoms with Crippen LogP contribution in [0.5, 0.6) is 0 Å². The Morgan fingerprint density at radius 3 is 2.75 bits per heavy atom. The lowest BCUT2D eigenvalue weighted by Crippen LogP contribution is -2.50. The van der Waals surface area contributed by atoms with E-state index in [1.807, 2.05) is 7.05 Å². The van der Waals surface area contributed by atoms with Gasteiger partial charge in [0, 0.05) is 49.6 Å². The van der Waals surface area contributed by atoms with Gasteiger partial charge in [0.1, 0.15) is 0 Å². The summed E-state index contributed by atoms with van der Waals surface area (Å²) in [4.78, 5) is 14.3. The lowest BCUT2D eigenvalue weighted by atomic mass is 9.97. The van der Waals surface area contributed by atoms with Crippen LogP contribution in [0.3, 0.4) is 0 Å². The van der Waals surface area contributed by atoms with Gasteiger partial charge in [-0.1, -0.05) is 20.8 Å². The summed E-state index contributed by atoms with van der Waals surface area (Å²) in [5.41, 5.74) is 1.25. The maximum absolute atomic E-state index is 4.72. The second kappa shape index (κ2) is 10.8. The van der Waals surface area contributed by atoms with Gasteiger partial charge in [-0.05, 0) is 44.2 Å². The van der Waals surface area contributed by atoms with E-state index in [0.29, 0.717) is 0 Å². The summed E-state index contributed by atoms with van der Waals surface area (Å²) >= 11 is 3.92. The van der Waals surface area contributed by atoms with Crippen molar-refractivity contribution in [3.63, 3.8) is 0 Å². The van der Waals surface area contributed by atoms with Crippen LogP contribution in [0.4, 0.5) is 0 Å². The Balaban J connectivity index is 1.40. The third kappa shape index (κ3) is 6.10. The van der Waals surface area contributed by atoms with Crippen LogP contribution in [0.15, 0.2) is 10.4 Å². The van der Waals surface area contributed by atoms with Crippen LogP contribution >= 0.6 is 23.1 Å². The summed E-state index contributed by atoms with van der Waals surface area (Å²) in [5.74, 6) is 3.78. The SMILES string of the molecule is CCc1nc(CN2CCC(CNC(=NC)N3CCSC(C(C)C)C3)CC2)cs1. The highest BCUT2D eigenvalue weighted by molar-refractivity contribution is 8.00. The van der Waals surface area contributed by atoms with Crippen molar-refractivity contribution in [1.29, 1.82) is 0 Å². The molecular weight excluding hydrogens is 386 g/mol. The smallest absolute Gasteiger partial charge is 0.193 e. The molecule has 2 aliphatic heterocycles. The summed E-state index contributed by atoms with van der Waals surface area (Å²) < 4.78 is 0. The number of hydrogen-bond acceptors (Lipinski definition) is 5. The molecule has 0 bridgehead atoms. The van der Waals surface area contributed by atoms with Crippen LogP contribution in [-0.2, 0) is 13.0 Å². The largest absolute Gasteiger partial charge is 0.356 e. The Bertz CT molecular complexity index is 622. The van der Waals surface area contributed by atoms with E-state index in [4.69, 9.17) is 4.98 Å². The molecule has 2 aliphatic rings. The number of hydrogen-bond donors (Lipinski definition) is 1. The van der Waals surface area contributed by atoms with E-state index in [9.17, 15) is 0 Å². The van der Waals surface area contributed by atoms with E-state index < -0.39 is 0 Å². The Hall–Kier alpha value is -0.790. The highest BCUT2D eigenvalue weighted by atomic mass is 32.2. The number of thiazole rings is 1. The van der Waals surface area contributed by atoms with Crippen LogP contribution < -0.4 is 5.32 Å². The fourth-order valence-electron chi connectivity index (χ4n) is 4.00. The lowest BCUT2D eigenvalue weighted by Gasteiger charge is -2.37. The molecule has 28 heavy (non-hydrogen) atoms. The van der Waals surface area contributed by atoms with Gasteiger partial charge in [0.15, 0.2) is 5.96 Å². The normalized spacial score (nSPS) is 22.8. The van der Waals surface area contributed by atoms with Crippen molar-refractivity contribution < 1.29 is 0 Å². The first-order valence-corrected chi connectivity index (χ1v) is 12.7. The maximum Gasteiger partial charge on any atom is 0.193 e. The van der Waals surface area contributed by atoms with Gasteiger partial charge in [-0.25, -0.2) is 4.98 Å². The molecular formula is C21H37N5S2. The van der Waals surface area contributed by atoms with E-state index in [0.717, 1.165) is 55.6 Å². The molecule has 1 aromatic rings. The number of piperidine rings is 1. The number of aromatic nitrogens is 1. The van der Waals surface area contributed by atoms with Crippen LogP contribution in [0, 0.1) is 11.8 Å². The zero-order valence-corrected chi connectivity index (χ0v) is 19.6. The van der Waals surface area contributed by atoms with Crippen molar-refractivity contribution in [3.8, 4) is 0 Å². The standard InChI is InChI=1S/C21H37N5S2/c1-5-20-24-18(15-28-20)13-25-8-6-17(7-9-25)12-23-21(22-4)26-10-11-27-19(14-26)16(2)3/h15-17,19H,5-14H2,1-4H3,(H,22,23). The van der Waals surface area contributed by atoms with Gasteiger partial charge >= 0.3 is 0 Å². The molecule has 0 spiro atoms. The molecule has 2 saturated heterocycles. The molecule has 7 heteroatoms. The van der Waals surface area contributed by atoms with Crippen LogP contribution in [0.2, 0.25) is 0 Å². The fraction of sp³-hybridized carbons (Fsp3) is 0.810. The molecule has 3 heterocycles. The zero-order valence-electron chi connectivity index (χ0n) is 18.0. The molecule has 1 atom stereocenters. The van der Waals surface area contributed by atoms with Crippen molar-refractivity contribution in [2.24, 2.45) is 16.8 Å². The number of thioether (sulfide) groups is 1. The van der Waals surface area contributed by atoms with Gasteiger partial charge < -0.3 is 10.2 Å². The lowest BCUT2D eigenvalue weighted by molar-refractivity contribution is 0.176. The van der Waals surface area contributed by atoms with E-state index in [1.165, 1.54) is 42.4 Å². The van der Waals surface area contributed by atoms with Crippen LogP contribution in [0.25, 0.3) is 0 Å². The molecule has 5 nitrogen and oxygen atoms in total. The minimum atomic E-state index is 0.717. The number of guanidine groups is 1. The summed E-state index contributed by atoms with van der Waals surface area (Å²) in [6, 6.07) is 0. The highest BCUT2D eigenvalue weighted by Gasteiger charge is 2.26. The number of nitrogens with zero attached hydrogens (tertiary/aromatic N) is 4. The zero-order chi connectivity index (χ0) is 19.9. The van der Waals surface area contributed by atoms with E-state index in [-0.39, 0.29) is 0 Å². The Morgan fingerprint density at radius 2 is 2.11 bits per heavy atom. The Labute approximate surface area is 179 Å². The average Bonchev–Trinajstić information content (AvgIpc) is 3.17. The first-order chi connectivity index (χ1) is 13.6. The highest BCUT2D eigenvalue weighted by Crippen LogP contribution is 2.25. The number of nitrogens with one attached hydrogen (secondary N) is 1. The van der Waals surface area contributed by atoms with Gasteiger partial charge in [-0.3, -0.25) is 9.89 Å². The first-order valence-electron chi connectivity index (χ1n) is 10.8. The summed E-state index contributed by atoms with van der Waals surface area (Å²) in [7, 11) is 1.93. The van der Waals surface area contributed by atoms with Gasteiger partial charge in [-0.2, -0.15) is 11.8 Å². The van der Waals surface area contributed by atoms with E-state index in [2.05, 4.69) is 58.0 Å². The van der Waals surface area contributed by atoms with E-state index in [1.54, 1.807) is 11.3 Å². The van der Waals surface area contributed by atoms with Crippen molar-refractivity contribution >= 4 is 29.1 Å². The van der Waals surface area contributed by atoms with Crippen LogP contribution in [-0.4, -0.2) is 71.5 Å². The molecule has 0 amide bonds. The van der Waals surface area contributed by atoms with Gasteiger partial charge in [-0.15, -0.1) is 11.3 Å². The molecule has 3 rings (SSSR count). The first kappa shape index (κ1) is 21.9.